The molecule has 23 heavy (non-hydrogen) atoms. The standard InChI is InChI=1S/C17H16BrFN4/c18-15-9-14(1-2-16(15)19)12-22-5-7-23(8-6-22)17-10-13(11-20)3-4-21-17/h1-4,9-10H,5-8,12H2. The van der Waals surface area contributed by atoms with E-state index < -0.39 is 0 Å². The van der Waals surface area contributed by atoms with Crippen molar-refractivity contribution >= 4 is 21.7 Å². The third-order valence-electron chi connectivity index (χ3n) is 3.96. The first-order valence-electron chi connectivity index (χ1n) is 7.43. The van der Waals surface area contributed by atoms with E-state index in [2.05, 4.69) is 36.8 Å². The zero-order valence-corrected chi connectivity index (χ0v) is 14.1. The molecule has 1 aliphatic heterocycles. The van der Waals surface area contributed by atoms with Crippen LogP contribution in [0.3, 0.4) is 0 Å². The molecule has 1 fully saturated rings. The minimum atomic E-state index is -0.234. The molecule has 1 saturated heterocycles. The highest BCUT2D eigenvalue weighted by molar-refractivity contribution is 9.10. The number of nitriles is 1. The summed E-state index contributed by atoms with van der Waals surface area (Å²) in [6.07, 6.45) is 1.68. The van der Waals surface area contributed by atoms with E-state index in [1.54, 1.807) is 12.3 Å². The number of anilines is 1. The van der Waals surface area contributed by atoms with Crippen LogP contribution in [0.25, 0.3) is 0 Å². The molecule has 2 heterocycles. The second-order valence-electron chi connectivity index (χ2n) is 5.53. The lowest BCUT2D eigenvalue weighted by atomic mass is 10.2. The third kappa shape index (κ3) is 3.87. The Kier molecular flexibility index (Phi) is 4.89. The van der Waals surface area contributed by atoms with Crippen LogP contribution in [0.2, 0.25) is 0 Å². The van der Waals surface area contributed by atoms with Crippen molar-refractivity contribution in [1.82, 2.24) is 9.88 Å². The van der Waals surface area contributed by atoms with Crippen molar-refractivity contribution in [3.8, 4) is 6.07 Å². The Bertz CT molecular complexity index is 736. The Morgan fingerprint density at radius 3 is 2.65 bits per heavy atom. The average Bonchev–Trinajstić information content (AvgIpc) is 2.59. The van der Waals surface area contributed by atoms with Gasteiger partial charge in [0.15, 0.2) is 0 Å². The largest absolute Gasteiger partial charge is 0.354 e. The predicted molar refractivity (Wildman–Crippen MR) is 90.5 cm³/mol. The molecule has 0 bridgehead atoms. The molecular weight excluding hydrogens is 359 g/mol. The van der Waals surface area contributed by atoms with Gasteiger partial charge in [0.2, 0.25) is 0 Å². The molecule has 4 nitrogen and oxygen atoms in total. The monoisotopic (exact) mass is 374 g/mol. The highest BCUT2D eigenvalue weighted by Crippen LogP contribution is 2.19. The van der Waals surface area contributed by atoms with Crippen molar-refractivity contribution in [2.24, 2.45) is 0 Å². The second kappa shape index (κ2) is 7.07. The molecule has 6 heteroatoms. The molecule has 1 aliphatic rings. The number of halogens is 2. The molecule has 0 N–H and O–H groups in total. The maximum atomic E-state index is 13.3. The van der Waals surface area contributed by atoms with Crippen molar-refractivity contribution in [2.45, 2.75) is 6.54 Å². The molecule has 3 rings (SSSR count). The Labute approximate surface area is 143 Å². The van der Waals surface area contributed by atoms with Gasteiger partial charge in [0.05, 0.1) is 16.1 Å². The van der Waals surface area contributed by atoms with Crippen molar-refractivity contribution in [3.05, 3.63) is 57.9 Å². The van der Waals surface area contributed by atoms with Crippen molar-refractivity contribution in [1.29, 1.82) is 5.26 Å². The van der Waals surface area contributed by atoms with Gasteiger partial charge in [0.1, 0.15) is 11.6 Å². The molecule has 0 radical (unpaired) electrons. The average molecular weight is 375 g/mol. The number of benzene rings is 1. The van der Waals surface area contributed by atoms with E-state index in [-0.39, 0.29) is 5.82 Å². The lowest BCUT2D eigenvalue weighted by molar-refractivity contribution is 0.249. The predicted octanol–water partition coefficient (Wildman–Crippen LogP) is 3.18. The van der Waals surface area contributed by atoms with Crippen LogP contribution in [-0.2, 0) is 6.54 Å². The highest BCUT2D eigenvalue weighted by Gasteiger charge is 2.18. The van der Waals surface area contributed by atoms with Gasteiger partial charge in [-0.3, -0.25) is 4.90 Å². The Morgan fingerprint density at radius 1 is 1.17 bits per heavy atom. The van der Waals surface area contributed by atoms with E-state index in [1.165, 1.54) is 6.07 Å². The van der Waals surface area contributed by atoms with Crippen LogP contribution in [-0.4, -0.2) is 36.1 Å². The van der Waals surface area contributed by atoms with E-state index in [9.17, 15) is 4.39 Å². The summed E-state index contributed by atoms with van der Waals surface area (Å²) in [4.78, 5) is 8.88. The lowest BCUT2D eigenvalue weighted by Crippen LogP contribution is -2.46. The zero-order valence-electron chi connectivity index (χ0n) is 12.5. The molecule has 1 aromatic heterocycles. The van der Waals surface area contributed by atoms with Gasteiger partial charge in [-0.15, -0.1) is 0 Å². The molecule has 118 valence electrons. The van der Waals surface area contributed by atoms with Crippen molar-refractivity contribution < 1.29 is 4.39 Å². The van der Waals surface area contributed by atoms with Crippen LogP contribution in [0, 0.1) is 17.1 Å². The first-order valence-corrected chi connectivity index (χ1v) is 8.22. The zero-order chi connectivity index (χ0) is 16.2. The summed E-state index contributed by atoms with van der Waals surface area (Å²) in [5.41, 5.74) is 1.73. The fourth-order valence-corrected chi connectivity index (χ4v) is 3.12. The quantitative estimate of drug-likeness (QED) is 0.827. The number of hydrogen-bond acceptors (Lipinski definition) is 4. The summed E-state index contributed by atoms with van der Waals surface area (Å²) in [6, 6.07) is 10.8. The maximum absolute atomic E-state index is 13.3. The number of nitrogens with zero attached hydrogens (tertiary/aromatic N) is 4. The summed E-state index contributed by atoms with van der Waals surface area (Å²) in [5.74, 6) is 0.621. The number of aromatic nitrogens is 1. The molecule has 0 atom stereocenters. The molecule has 0 spiro atoms. The summed E-state index contributed by atoms with van der Waals surface area (Å²) in [5, 5.41) is 8.97. The Hall–Kier alpha value is -1.97. The molecule has 0 saturated carbocycles. The molecule has 0 unspecified atom stereocenters. The van der Waals surface area contributed by atoms with Crippen LogP contribution in [0.4, 0.5) is 10.2 Å². The smallest absolute Gasteiger partial charge is 0.137 e. The molecular formula is C17H16BrFN4. The molecule has 0 aliphatic carbocycles. The van der Waals surface area contributed by atoms with Crippen LogP contribution in [0.15, 0.2) is 41.0 Å². The van der Waals surface area contributed by atoms with Gasteiger partial charge in [-0.25, -0.2) is 9.37 Å². The maximum Gasteiger partial charge on any atom is 0.137 e. The van der Waals surface area contributed by atoms with Crippen LogP contribution < -0.4 is 4.90 Å². The first kappa shape index (κ1) is 15.9. The van der Waals surface area contributed by atoms with E-state index in [1.807, 2.05) is 18.2 Å². The second-order valence-corrected chi connectivity index (χ2v) is 6.38. The van der Waals surface area contributed by atoms with Crippen molar-refractivity contribution in [3.63, 3.8) is 0 Å². The summed E-state index contributed by atoms with van der Waals surface area (Å²) in [7, 11) is 0. The molecule has 0 amide bonds. The van der Waals surface area contributed by atoms with Gasteiger partial charge in [0.25, 0.3) is 0 Å². The number of rotatable bonds is 3. The fraction of sp³-hybridized carbons (Fsp3) is 0.294. The van der Waals surface area contributed by atoms with Gasteiger partial charge in [-0.1, -0.05) is 6.07 Å². The first-order chi connectivity index (χ1) is 11.2. The summed E-state index contributed by atoms with van der Waals surface area (Å²) >= 11 is 3.23. The van der Waals surface area contributed by atoms with Crippen LogP contribution in [0.1, 0.15) is 11.1 Å². The SMILES string of the molecule is N#Cc1ccnc(N2CCN(Cc3ccc(F)c(Br)c3)CC2)c1. The van der Waals surface area contributed by atoms with Gasteiger partial charge in [-0.05, 0) is 45.8 Å². The summed E-state index contributed by atoms with van der Waals surface area (Å²) < 4.78 is 13.8. The van der Waals surface area contributed by atoms with Crippen LogP contribution in [0.5, 0.6) is 0 Å². The fourth-order valence-electron chi connectivity index (χ4n) is 2.69. The number of pyridine rings is 1. The third-order valence-corrected chi connectivity index (χ3v) is 4.57. The van der Waals surface area contributed by atoms with Gasteiger partial charge >= 0.3 is 0 Å². The van der Waals surface area contributed by atoms with Crippen molar-refractivity contribution in [2.75, 3.05) is 31.1 Å². The van der Waals surface area contributed by atoms with Gasteiger partial charge in [-0.2, -0.15) is 5.26 Å². The Balaban J connectivity index is 1.59. The van der Waals surface area contributed by atoms with E-state index in [4.69, 9.17) is 5.26 Å². The molecule has 1 aromatic carbocycles. The van der Waals surface area contributed by atoms with Crippen LogP contribution >= 0.6 is 15.9 Å². The normalized spacial score (nSPS) is 15.4. The lowest BCUT2D eigenvalue weighted by Gasteiger charge is -2.35. The van der Waals surface area contributed by atoms with E-state index in [0.29, 0.717) is 10.0 Å². The van der Waals surface area contributed by atoms with E-state index >= 15 is 0 Å². The van der Waals surface area contributed by atoms with Gasteiger partial charge in [0, 0.05) is 38.9 Å². The summed E-state index contributed by atoms with van der Waals surface area (Å²) in [6.45, 7) is 4.35. The number of hydrogen-bond donors (Lipinski definition) is 0. The minimum absolute atomic E-state index is 0.234. The Morgan fingerprint density at radius 2 is 1.96 bits per heavy atom. The molecule has 2 aromatic rings. The highest BCUT2D eigenvalue weighted by atomic mass is 79.9. The topological polar surface area (TPSA) is 43.2 Å². The number of piperazine rings is 1. The minimum Gasteiger partial charge on any atom is -0.354 e. The van der Waals surface area contributed by atoms with E-state index in [0.717, 1.165) is 44.1 Å². The van der Waals surface area contributed by atoms with Gasteiger partial charge < -0.3 is 4.90 Å².